The summed E-state index contributed by atoms with van der Waals surface area (Å²) in [5, 5.41) is 5.37. The van der Waals surface area contributed by atoms with Crippen LogP contribution in [0.5, 0.6) is 0 Å². The minimum atomic E-state index is 0.968. The van der Waals surface area contributed by atoms with Crippen molar-refractivity contribution in [3.8, 4) is 0 Å². The number of benzene rings is 3. The average molecular weight is 240 g/mol. The van der Waals surface area contributed by atoms with Gasteiger partial charge in [-0.1, -0.05) is 54.6 Å². The fraction of sp³-hybridized carbons (Fsp3) is 0.111. The van der Waals surface area contributed by atoms with Gasteiger partial charge < -0.3 is 0 Å². The zero-order valence-electron chi connectivity index (χ0n) is 10.7. The molecule has 0 fully saturated rings. The van der Waals surface area contributed by atoms with Gasteiger partial charge in [-0.3, -0.25) is 0 Å². The Hall–Kier alpha value is -2.02. The Balaban J connectivity index is 2.30. The summed E-state index contributed by atoms with van der Waals surface area (Å²) in [5.41, 5.74) is 3.76. The van der Waals surface area contributed by atoms with E-state index in [1.165, 1.54) is 32.7 Å². The van der Waals surface area contributed by atoms with Crippen molar-refractivity contribution in [2.75, 3.05) is 0 Å². The van der Waals surface area contributed by atoms with Crippen molar-refractivity contribution >= 4 is 35.5 Å². The lowest BCUT2D eigenvalue weighted by molar-refractivity contribution is 0.984. The van der Waals surface area contributed by atoms with Gasteiger partial charge in [0.05, 0.1) is 0 Å². The van der Waals surface area contributed by atoms with E-state index in [0.717, 1.165) is 18.3 Å². The molecule has 0 saturated heterocycles. The number of fused-ring (bicyclic) bond motifs is 6. The zero-order chi connectivity index (χ0) is 12.8. The summed E-state index contributed by atoms with van der Waals surface area (Å²) in [7, 11) is 6.05. The molecular weight excluding hydrogens is 227 g/mol. The third kappa shape index (κ3) is 1.54. The molecule has 0 aromatic heterocycles. The first kappa shape index (κ1) is 10.9. The minimum Gasteiger partial charge on any atom is -0.117 e. The van der Waals surface area contributed by atoms with Crippen molar-refractivity contribution in [2.24, 2.45) is 0 Å². The molecule has 19 heavy (non-hydrogen) atoms. The van der Waals surface area contributed by atoms with E-state index in [0.29, 0.717) is 0 Å². The zero-order valence-corrected chi connectivity index (χ0v) is 10.7. The molecule has 0 nitrogen and oxygen atoms in total. The normalized spacial score (nSPS) is 14.4. The molecule has 1 aliphatic rings. The summed E-state index contributed by atoms with van der Waals surface area (Å²) in [6, 6.07) is 17.3. The molecule has 2 radical (unpaired) electrons. The maximum atomic E-state index is 6.05. The highest BCUT2D eigenvalue weighted by atomic mass is 14.2. The minimum absolute atomic E-state index is 0.968. The van der Waals surface area contributed by atoms with Gasteiger partial charge in [-0.05, 0) is 45.5 Å². The Labute approximate surface area is 114 Å². The Morgan fingerprint density at radius 2 is 1.26 bits per heavy atom. The number of aryl methyl sites for hydroxylation is 1. The third-order valence-corrected chi connectivity index (χ3v) is 4.08. The van der Waals surface area contributed by atoms with Crippen molar-refractivity contribution in [3.05, 3.63) is 65.1 Å². The van der Waals surface area contributed by atoms with Crippen LogP contribution in [0.1, 0.15) is 17.5 Å². The van der Waals surface area contributed by atoms with Crippen LogP contribution in [0, 0.1) is 0 Å². The van der Waals surface area contributed by atoms with Gasteiger partial charge >= 0.3 is 0 Å². The molecule has 0 unspecified atom stereocenters. The molecule has 1 aliphatic carbocycles. The van der Waals surface area contributed by atoms with Crippen LogP contribution in [0.3, 0.4) is 0 Å². The molecule has 0 amide bonds. The summed E-state index contributed by atoms with van der Waals surface area (Å²) in [6.45, 7) is 0. The predicted molar refractivity (Wildman–Crippen MR) is 83.5 cm³/mol. The smallest absolute Gasteiger partial charge is 0.107 e. The van der Waals surface area contributed by atoms with Gasteiger partial charge in [-0.15, -0.1) is 5.47 Å². The lowest BCUT2D eigenvalue weighted by Crippen LogP contribution is -2.01. The molecule has 1 heteroatoms. The fourth-order valence-electron chi connectivity index (χ4n) is 3.20. The van der Waals surface area contributed by atoms with Crippen LogP contribution in [-0.4, -0.2) is 7.85 Å². The molecule has 3 aromatic carbocycles. The molecule has 0 saturated carbocycles. The van der Waals surface area contributed by atoms with E-state index in [4.69, 9.17) is 7.85 Å². The monoisotopic (exact) mass is 240 g/mol. The molecular formula is C18H13B. The van der Waals surface area contributed by atoms with E-state index < -0.39 is 0 Å². The average Bonchev–Trinajstić information content (AvgIpc) is 2.47. The summed E-state index contributed by atoms with van der Waals surface area (Å²) >= 11 is 0. The van der Waals surface area contributed by atoms with Gasteiger partial charge in [0.2, 0.25) is 0 Å². The van der Waals surface area contributed by atoms with Crippen molar-refractivity contribution < 1.29 is 0 Å². The van der Waals surface area contributed by atoms with E-state index in [9.17, 15) is 0 Å². The maximum absolute atomic E-state index is 6.05. The Morgan fingerprint density at radius 3 is 2.00 bits per heavy atom. The number of hydrogen-bond donors (Lipinski definition) is 0. The summed E-state index contributed by atoms with van der Waals surface area (Å²) in [4.78, 5) is 0. The van der Waals surface area contributed by atoms with Crippen LogP contribution >= 0.6 is 0 Å². The number of rotatable bonds is 0. The van der Waals surface area contributed by atoms with E-state index in [1.807, 2.05) is 0 Å². The second-order valence-corrected chi connectivity index (χ2v) is 5.20. The van der Waals surface area contributed by atoms with Crippen LogP contribution in [-0.2, 0) is 6.42 Å². The van der Waals surface area contributed by atoms with Gasteiger partial charge in [0, 0.05) is 0 Å². The van der Waals surface area contributed by atoms with Gasteiger partial charge in [0.25, 0.3) is 0 Å². The SMILES string of the molecule is [B]C1=Cc2c(c3ccccc3c3ccccc23)CC1. The van der Waals surface area contributed by atoms with Gasteiger partial charge in [0.1, 0.15) is 7.85 Å². The molecule has 0 bridgehead atoms. The van der Waals surface area contributed by atoms with E-state index in [-0.39, 0.29) is 0 Å². The first-order chi connectivity index (χ1) is 9.34. The molecule has 88 valence electrons. The molecule has 4 rings (SSSR count). The Morgan fingerprint density at radius 1 is 0.684 bits per heavy atom. The molecule has 0 N–H and O–H groups in total. The van der Waals surface area contributed by atoms with Crippen LogP contribution < -0.4 is 0 Å². The third-order valence-electron chi connectivity index (χ3n) is 4.08. The van der Waals surface area contributed by atoms with Crippen molar-refractivity contribution in [1.82, 2.24) is 0 Å². The van der Waals surface area contributed by atoms with Crippen molar-refractivity contribution in [3.63, 3.8) is 0 Å². The number of allylic oxidation sites excluding steroid dienone is 1. The Kier molecular flexibility index (Phi) is 2.28. The quantitative estimate of drug-likeness (QED) is 0.402. The lowest BCUT2D eigenvalue weighted by Gasteiger charge is -2.20. The van der Waals surface area contributed by atoms with Gasteiger partial charge in [0.15, 0.2) is 0 Å². The van der Waals surface area contributed by atoms with Crippen molar-refractivity contribution in [1.29, 1.82) is 0 Å². The van der Waals surface area contributed by atoms with Crippen LogP contribution in [0.4, 0.5) is 0 Å². The van der Waals surface area contributed by atoms with Crippen LogP contribution in [0.15, 0.2) is 54.0 Å². The largest absolute Gasteiger partial charge is 0.117 e. The first-order valence-corrected chi connectivity index (χ1v) is 6.73. The molecule has 3 aromatic rings. The topological polar surface area (TPSA) is 0 Å². The highest BCUT2D eigenvalue weighted by molar-refractivity contribution is 6.25. The lowest BCUT2D eigenvalue weighted by atomic mass is 9.79. The van der Waals surface area contributed by atoms with Gasteiger partial charge in [-0.2, -0.15) is 0 Å². The molecule has 0 heterocycles. The highest BCUT2D eigenvalue weighted by Crippen LogP contribution is 2.37. The van der Waals surface area contributed by atoms with E-state index >= 15 is 0 Å². The second kappa shape index (κ2) is 3.99. The molecule has 0 atom stereocenters. The highest BCUT2D eigenvalue weighted by Gasteiger charge is 2.15. The maximum Gasteiger partial charge on any atom is 0.107 e. The summed E-state index contributed by atoms with van der Waals surface area (Å²) < 4.78 is 0. The summed E-state index contributed by atoms with van der Waals surface area (Å²) in [5.74, 6) is 0. The fourth-order valence-corrected chi connectivity index (χ4v) is 3.20. The van der Waals surface area contributed by atoms with E-state index in [1.54, 1.807) is 0 Å². The van der Waals surface area contributed by atoms with Gasteiger partial charge in [-0.25, -0.2) is 0 Å². The second-order valence-electron chi connectivity index (χ2n) is 5.20. The summed E-state index contributed by atoms with van der Waals surface area (Å²) in [6.07, 6.45) is 4.17. The van der Waals surface area contributed by atoms with Crippen LogP contribution in [0.25, 0.3) is 27.6 Å². The van der Waals surface area contributed by atoms with E-state index in [2.05, 4.69) is 54.6 Å². The number of hydrogen-bond acceptors (Lipinski definition) is 0. The van der Waals surface area contributed by atoms with Crippen molar-refractivity contribution in [2.45, 2.75) is 12.8 Å². The standard InChI is InChI=1S/C18H13B/c19-12-9-10-17-15-7-2-1-5-13(15)14-6-3-4-8-16(14)18(17)11-12/h1-8,11H,9-10H2. The molecule has 0 spiro atoms. The molecule has 0 aliphatic heterocycles. The predicted octanol–water partition coefficient (Wildman–Crippen LogP) is 4.45. The van der Waals surface area contributed by atoms with Crippen LogP contribution in [0.2, 0.25) is 0 Å². The first-order valence-electron chi connectivity index (χ1n) is 6.73. The Bertz CT molecular complexity index is 828.